The van der Waals surface area contributed by atoms with Crippen LogP contribution in [0, 0.1) is 0 Å². The van der Waals surface area contributed by atoms with Crippen LogP contribution in [0.15, 0.2) is 24.3 Å². The van der Waals surface area contributed by atoms with E-state index < -0.39 is 0 Å². The third kappa shape index (κ3) is 2.99. The van der Waals surface area contributed by atoms with E-state index in [1.54, 1.807) is 12.1 Å². The van der Waals surface area contributed by atoms with Crippen molar-refractivity contribution >= 4 is 17.0 Å². The molecule has 2 aromatic carbocycles. The summed E-state index contributed by atoms with van der Waals surface area (Å²) in [6.45, 7) is 4.23. The minimum Gasteiger partial charge on any atom is -0.508 e. The highest BCUT2D eigenvalue weighted by Crippen LogP contribution is 2.51. The number of nitrogens with zero attached hydrogens (tertiary/aromatic N) is 1. The van der Waals surface area contributed by atoms with Crippen LogP contribution >= 0.6 is 17.0 Å². The van der Waals surface area contributed by atoms with Gasteiger partial charge in [0, 0.05) is 18.2 Å². The van der Waals surface area contributed by atoms with Gasteiger partial charge >= 0.3 is 0 Å². The molecule has 0 fully saturated rings. The number of phenolic OH excluding ortho intramolecular Hbond substituents is 3. The number of rotatable bonds is 2. The molecule has 0 amide bonds. The Balaban J connectivity index is 0.00000113. The zero-order valence-electron chi connectivity index (χ0n) is 14.1. The number of fused-ring (bicyclic) bond motifs is 2. The van der Waals surface area contributed by atoms with Gasteiger partial charge in [-0.15, -0.1) is 17.0 Å². The minimum absolute atomic E-state index is 0. The van der Waals surface area contributed by atoms with Crippen LogP contribution < -0.4 is 0 Å². The van der Waals surface area contributed by atoms with E-state index in [0.29, 0.717) is 5.56 Å². The molecule has 0 saturated heterocycles. The van der Waals surface area contributed by atoms with Crippen LogP contribution in [0.5, 0.6) is 17.2 Å². The Morgan fingerprint density at radius 3 is 2.60 bits per heavy atom. The third-order valence-corrected chi connectivity index (χ3v) is 5.13. The maximum Gasteiger partial charge on any atom is 0.165 e. The number of aromatic hydroxyl groups is 3. The summed E-state index contributed by atoms with van der Waals surface area (Å²) in [7, 11) is 0. The van der Waals surface area contributed by atoms with E-state index in [0.717, 1.165) is 49.0 Å². The molecule has 0 bridgehead atoms. The molecule has 0 saturated carbocycles. The van der Waals surface area contributed by atoms with Crippen LogP contribution in [0.2, 0.25) is 0 Å². The normalized spacial score (nSPS) is 17.7. The van der Waals surface area contributed by atoms with Gasteiger partial charge in [0.05, 0.1) is 0 Å². The molecular weight excluding hydrogens is 386 g/mol. The lowest BCUT2D eigenvalue weighted by Gasteiger charge is -2.41. The second kappa shape index (κ2) is 7.23. The van der Waals surface area contributed by atoms with Crippen LogP contribution in [-0.2, 0) is 12.8 Å². The van der Waals surface area contributed by atoms with E-state index in [4.69, 9.17) is 0 Å². The standard InChI is InChI=1S/C19H21NO3.BrH.H2O/c1-2-6-20-7-5-12-8-13(21)10-14-17(12)15(20)9-11-3-4-16(22)19(23)18(11)14;;/h3-4,8,10,15,21-23H,2,5-7,9H2,1H3;1H;1H2. The van der Waals surface area contributed by atoms with Crippen molar-refractivity contribution in [1.29, 1.82) is 0 Å². The first-order valence-corrected chi connectivity index (χ1v) is 8.24. The fourth-order valence-corrected chi connectivity index (χ4v) is 4.19. The Hall–Kier alpha value is -1.76. The SMILES string of the molecule is Br.CCCN1CCc2cc(O)cc3c2C1Cc1ccc(O)c(O)c1-3.O. The molecule has 0 spiro atoms. The van der Waals surface area contributed by atoms with Gasteiger partial charge in [-0.25, -0.2) is 0 Å². The van der Waals surface area contributed by atoms with Crippen LogP contribution in [-0.4, -0.2) is 38.8 Å². The Morgan fingerprint density at radius 2 is 1.88 bits per heavy atom. The van der Waals surface area contributed by atoms with Crippen LogP contribution in [0.25, 0.3) is 11.1 Å². The van der Waals surface area contributed by atoms with E-state index >= 15 is 0 Å². The summed E-state index contributed by atoms with van der Waals surface area (Å²) in [5.74, 6) is 0.0268. The molecule has 5 N–H and O–H groups in total. The monoisotopic (exact) mass is 409 g/mol. The van der Waals surface area contributed by atoms with Crippen molar-refractivity contribution in [3.8, 4) is 28.4 Å². The molecule has 1 unspecified atom stereocenters. The molecule has 6 heteroatoms. The molecule has 1 aliphatic heterocycles. The van der Waals surface area contributed by atoms with Crippen LogP contribution in [0.4, 0.5) is 0 Å². The zero-order valence-corrected chi connectivity index (χ0v) is 15.8. The van der Waals surface area contributed by atoms with Gasteiger partial charge in [0.2, 0.25) is 0 Å². The van der Waals surface area contributed by atoms with Crippen molar-refractivity contribution in [2.24, 2.45) is 0 Å². The fraction of sp³-hybridized carbons (Fsp3) is 0.368. The molecule has 2 aromatic rings. The maximum atomic E-state index is 10.4. The van der Waals surface area contributed by atoms with Crippen molar-refractivity contribution in [2.75, 3.05) is 13.1 Å². The van der Waals surface area contributed by atoms with E-state index in [1.165, 1.54) is 5.56 Å². The van der Waals surface area contributed by atoms with Gasteiger partial charge < -0.3 is 20.8 Å². The summed E-state index contributed by atoms with van der Waals surface area (Å²) in [6.07, 6.45) is 2.84. The minimum atomic E-state index is -0.111. The Morgan fingerprint density at radius 1 is 1.12 bits per heavy atom. The smallest absolute Gasteiger partial charge is 0.165 e. The molecule has 0 aromatic heterocycles. The summed E-state index contributed by atoms with van der Waals surface area (Å²) in [4.78, 5) is 2.50. The lowest BCUT2D eigenvalue weighted by atomic mass is 9.76. The number of halogens is 1. The van der Waals surface area contributed by atoms with Crippen LogP contribution in [0.1, 0.15) is 36.1 Å². The summed E-state index contributed by atoms with van der Waals surface area (Å²) in [5.41, 5.74) is 4.92. The second-order valence-electron chi connectivity index (χ2n) is 6.54. The molecule has 1 heterocycles. The van der Waals surface area contributed by atoms with Crippen molar-refractivity contribution in [3.05, 3.63) is 41.0 Å². The molecule has 25 heavy (non-hydrogen) atoms. The highest BCUT2D eigenvalue weighted by atomic mass is 79.9. The molecule has 1 atom stereocenters. The highest BCUT2D eigenvalue weighted by molar-refractivity contribution is 8.93. The average molecular weight is 410 g/mol. The summed E-state index contributed by atoms with van der Waals surface area (Å²) in [5, 5.41) is 30.4. The van der Waals surface area contributed by atoms with Crippen molar-refractivity contribution < 1.29 is 20.8 Å². The van der Waals surface area contributed by atoms with Crippen molar-refractivity contribution in [2.45, 2.75) is 32.2 Å². The zero-order chi connectivity index (χ0) is 16.1. The van der Waals surface area contributed by atoms with E-state index in [2.05, 4.69) is 11.8 Å². The van der Waals surface area contributed by atoms with Gasteiger partial charge in [-0.3, -0.25) is 4.90 Å². The first kappa shape index (κ1) is 19.6. The lowest BCUT2D eigenvalue weighted by molar-refractivity contribution is 0.182. The summed E-state index contributed by atoms with van der Waals surface area (Å²) < 4.78 is 0. The number of phenols is 3. The van der Waals surface area contributed by atoms with E-state index in [-0.39, 0.29) is 45.7 Å². The molecule has 2 aliphatic rings. The summed E-state index contributed by atoms with van der Waals surface area (Å²) >= 11 is 0. The Kier molecular flexibility index (Phi) is 5.66. The molecule has 5 nitrogen and oxygen atoms in total. The highest BCUT2D eigenvalue weighted by Gasteiger charge is 2.35. The number of benzene rings is 2. The predicted molar refractivity (Wildman–Crippen MR) is 103 cm³/mol. The summed E-state index contributed by atoms with van der Waals surface area (Å²) in [6, 6.07) is 7.29. The first-order valence-electron chi connectivity index (χ1n) is 8.24. The van der Waals surface area contributed by atoms with Crippen molar-refractivity contribution in [1.82, 2.24) is 4.90 Å². The van der Waals surface area contributed by atoms with Gasteiger partial charge in [0.25, 0.3) is 0 Å². The van der Waals surface area contributed by atoms with E-state index in [9.17, 15) is 15.3 Å². The van der Waals surface area contributed by atoms with Crippen LogP contribution in [0.3, 0.4) is 0 Å². The van der Waals surface area contributed by atoms with Gasteiger partial charge in [-0.05, 0) is 66.3 Å². The molecule has 4 rings (SSSR count). The molecular formula is C19H24BrNO4. The maximum absolute atomic E-state index is 10.4. The molecule has 136 valence electrons. The van der Waals surface area contributed by atoms with Gasteiger partial charge in [0.1, 0.15) is 5.75 Å². The van der Waals surface area contributed by atoms with Gasteiger partial charge in [0.15, 0.2) is 11.5 Å². The third-order valence-electron chi connectivity index (χ3n) is 5.13. The lowest BCUT2D eigenvalue weighted by Crippen LogP contribution is -2.38. The quantitative estimate of drug-likeness (QED) is 0.663. The fourth-order valence-electron chi connectivity index (χ4n) is 4.19. The predicted octanol–water partition coefficient (Wildman–Crippen LogP) is 3.09. The number of hydrogen-bond acceptors (Lipinski definition) is 4. The van der Waals surface area contributed by atoms with Gasteiger partial charge in [-0.1, -0.05) is 13.0 Å². The largest absolute Gasteiger partial charge is 0.508 e. The number of hydrogen-bond donors (Lipinski definition) is 3. The first-order chi connectivity index (χ1) is 11.1. The second-order valence-corrected chi connectivity index (χ2v) is 6.54. The molecule has 1 aliphatic carbocycles. The Bertz CT molecular complexity index is 793. The topological polar surface area (TPSA) is 95.4 Å². The Labute approximate surface area is 157 Å². The van der Waals surface area contributed by atoms with Crippen molar-refractivity contribution in [3.63, 3.8) is 0 Å². The average Bonchev–Trinajstić information content (AvgIpc) is 2.53. The van der Waals surface area contributed by atoms with Gasteiger partial charge in [-0.2, -0.15) is 0 Å². The van der Waals surface area contributed by atoms with E-state index in [1.807, 2.05) is 12.1 Å². The molecule has 0 radical (unpaired) electrons.